The minimum Gasteiger partial charge on any atom is -0.358 e. The van der Waals surface area contributed by atoms with Gasteiger partial charge >= 0.3 is 6.09 Å². The van der Waals surface area contributed by atoms with Gasteiger partial charge in [-0.1, -0.05) is 13.8 Å². The first-order valence-corrected chi connectivity index (χ1v) is 4.02. The second-order valence-electron chi connectivity index (χ2n) is 2.00. The zero-order chi connectivity index (χ0) is 9.68. The Labute approximate surface area is 115 Å². The topological polar surface area (TPSA) is 47.6 Å². The van der Waals surface area contributed by atoms with Crippen LogP contribution in [0.1, 0.15) is 13.8 Å². The molecule has 0 spiro atoms. The third-order valence-electron chi connectivity index (χ3n) is 1.27. The van der Waals surface area contributed by atoms with Crippen molar-refractivity contribution in [2.24, 2.45) is 0 Å². The number of amides is 1. The Hall–Kier alpha value is -0.606. The number of rotatable bonds is 0. The fourth-order valence-corrected chi connectivity index (χ4v) is 0.801. The largest absolute Gasteiger partial charge is 0.451 e. The Morgan fingerprint density at radius 2 is 2.00 bits per heavy atom. The summed E-state index contributed by atoms with van der Waals surface area (Å²) in [6.07, 6.45) is -0.608. The fourth-order valence-electron chi connectivity index (χ4n) is 0.801. The molecular weight excluding hydrogens is 271 g/mol. The van der Waals surface area contributed by atoms with Crippen molar-refractivity contribution in [2.75, 3.05) is 5.32 Å². The number of fused-ring (bicyclic) bond motifs is 1. The Kier molecular flexibility index (Phi) is 9.73. The van der Waals surface area contributed by atoms with E-state index in [9.17, 15) is 4.79 Å². The number of hydrogen-bond acceptors (Lipinski definition) is 3. The van der Waals surface area contributed by atoms with Crippen LogP contribution in [0.4, 0.5) is 10.5 Å². The molecule has 15 heavy (non-hydrogen) atoms. The summed E-state index contributed by atoms with van der Waals surface area (Å²) in [5.41, 5.74) is 0.597. The van der Waals surface area contributed by atoms with Gasteiger partial charge in [0, 0.05) is 32.7 Å². The second-order valence-corrected chi connectivity index (χ2v) is 2.00. The minimum absolute atomic E-state index is 0. The zero-order valence-corrected chi connectivity index (χ0v) is 11.9. The maximum atomic E-state index is 10.6. The number of anilines is 1. The second kappa shape index (κ2) is 8.68. The average molecular weight is 284 g/mol. The normalized spacial score (nSPS) is 10.7. The first-order valence-electron chi connectivity index (χ1n) is 4.02. The first kappa shape index (κ1) is 16.8. The summed E-state index contributed by atoms with van der Waals surface area (Å²) < 4.78 is 0. The van der Waals surface area contributed by atoms with Crippen molar-refractivity contribution in [3.63, 3.8) is 0 Å². The van der Waals surface area contributed by atoms with Crippen LogP contribution in [0.5, 0.6) is 5.75 Å². The summed E-state index contributed by atoms with van der Waals surface area (Å²) >= 11 is 0. The van der Waals surface area contributed by atoms with Gasteiger partial charge in [-0.25, -0.2) is 9.68 Å². The van der Waals surface area contributed by atoms with Gasteiger partial charge in [0.25, 0.3) is 0 Å². The van der Waals surface area contributed by atoms with E-state index in [1.165, 1.54) is 0 Å². The average Bonchev–Trinajstić information content (AvgIpc) is 2.21. The first-order chi connectivity index (χ1) is 6.36. The van der Waals surface area contributed by atoms with Crippen LogP contribution in [0.3, 0.4) is 0 Å². The van der Waals surface area contributed by atoms with Gasteiger partial charge in [0.2, 0.25) is 0 Å². The molecule has 1 aromatic carbocycles. The van der Waals surface area contributed by atoms with E-state index in [1.807, 2.05) is 13.8 Å². The molecule has 0 saturated heterocycles. The van der Waals surface area contributed by atoms with E-state index in [0.717, 1.165) is 0 Å². The van der Waals surface area contributed by atoms with Crippen molar-refractivity contribution >= 4 is 11.8 Å². The van der Waals surface area contributed by atoms with Crippen LogP contribution in [0.2, 0.25) is 0 Å². The maximum Gasteiger partial charge on any atom is 0.451 e. The SMILES string of the molecule is CC.O=C1Nc2cc[c-]cc2OO1.[CH3-].[Y]. The summed E-state index contributed by atoms with van der Waals surface area (Å²) in [4.78, 5) is 19.4. The van der Waals surface area contributed by atoms with Crippen molar-refractivity contribution in [1.29, 1.82) is 0 Å². The van der Waals surface area contributed by atoms with Gasteiger partial charge in [-0.3, -0.25) is 0 Å². The van der Waals surface area contributed by atoms with Crippen LogP contribution in [0.25, 0.3) is 0 Å². The van der Waals surface area contributed by atoms with Crippen LogP contribution < -0.4 is 10.2 Å². The molecule has 1 aromatic rings. The van der Waals surface area contributed by atoms with Gasteiger partial charge in [0.1, 0.15) is 0 Å². The molecule has 2 rings (SSSR count). The summed E-state index contributed by atoms with van der Waals surface area (Å²) in [5.74, 6) is 0.465. The van der Waals surface area contributed by atoms with Crippen molar-refractivity contribution in [2.45, 2.75) is 13.8 Å². The molecule has 1 radical (unpaired) electrons. The smallest absolute Gasteiger partial charge is 0.358 e. The third kappa shape index (κ3) is 4.62. The number of carbonyl (C=O) groups is 1. The number of carbonyl (C=O) groups excluding carboxylic acids is 1. The van der Waals surface area contributed by atoms with E-state index in [0.29, 0.717) is 11.4 Å². The van der Waals surface area contributed by atoms with E-state index in [2.05, 4.69) is 21.2 Å². The van der Waals surface area contributed by atoms with Gasteiger partial charge in [-0.15, -0.1) is 12.1 Å². The molecule has 0 bridgehead atoms. The van der Waals surface area contributed by atoms with Crippen LogP contribution >= 0.6 is 0 Å². The molecule has 81 valence electrons. The monoisotopic (exact) mass is 284 g/mol. The standard InChI is InChI=1S/C7H4NO3.C2H6.CH3.Y/c9-7-8-5-3-1-2-4-6(5)10-11-7;1-2;;/h1,3-4H,(H,8,9);1-2H3;1H3;/q-1;;-1;. The fraction of sp³-hybridized carbons (Fsp3) is 0.200. The zero-order valence-electron chi connectivity index (χ0n) is 9.03. The third-order valence-corrected chi connectivity index (χ3v) is 1.27. The van der Waals surface area contributed by atoms with E-state index in [-0.39, 0.29) is 40.1 Å². The molecule has 0 saturated carbocycles. The van der Waals surface area contributed by atoms with E-state index >= 15 is 0 Å². The molecule has 0 atom stereocenters. The van der Waals surface area contributed by atoms with Gasteiger partial charge in [-0.2, -0.15) is 12.1 Å². The van der Waals surface area contributed by atoms with Gasteiger partial charge < -0.3 is 17.6 Å². The van der Waals surface area contributed by atoms with E-state index < -0.39 is 6.09 Å². The number of nitrogens with one attached hydrogen (secondary N) is 1. The van der Waals surface area contributed by atoms with Crippen molar-refractivity contribution in [3.8, 4) is 5.75 Å². The molecule has 1 aliphatic rings. The molecule has 4 nitrogen and oxygen atoms in total. The molecule has 0 aromatic heterocycles. The Morgan fingerprint density at radius 1 is 1.33 bits per heavy atom. The van der Waals surface area contributed by atoms with Gasteiger partial charge in [0.15, 0.2) is 0 Å². The van der Waals surface area contributed by atoms with E-state index in [4.69, 9.17) is 0 Å². The quantitative estimate of drug-likeness (QED) is 0.588. The van der Waals surface area contributed by atoms with Crippen molar-refractivity contribution in [3.05, 3.63) is 31.7 Å². The van der Waals surface area contributed by atoms with Crippen molar-refractivity contribution < 1.29 is 47.3 Å². The van der Waals surface area contributed by atoms with Crippen LogP contribution in [-0.2, 0) is 37.6 Å². The molecule has 0 fully saturated rings. The van der Waals surface area contributed by atoms with Crippen molar-refractivity contribution in [1.82, 2.24) is 0 Å². The number of benzene rings is 1. The number of hydrogen-bond donors (Lipinski definition) is 1. The Balaban J connectivity index is 0. The van der Waals surface area contributed by atoms with Gasteiger partial charge in [-0.05, 0) is 5.69 Å². The predicted octanol–water partition coefficient (Wildman–Crippen LogP) is 2.82. The molecule has 5 heteroatoms. The van der Waals surface area contributed by atoms with Crippen LogP contribution in [0, 0.1) is 13.5 Å². The van der Waals surface area contributed by atoms with Gasteiger partial charge in [0.05, 0.1) is 5.75 Å². The molecule has 1 heterocycles. The summed E-state index contributed by atoms with van der Waals surface area (Å²) in [6, 6.07) is 7.71. The summed E-state index contributed by atoms with van der Waals surface area (Å²) in [6.45, 7) is 4.00. The Bertz CT molecular complexity index is 304. The summed E-state index contributed by atoms with van der Waals surface area (Å²) in [7, 11) is 0. The molecule has 0 unspecified atom stereocenters. The van der Waals surface area contributed by atoms with E-state index in [1.54, 1.807) is 18.2 Å². The van der Waals surface area contributed by atoms with Crippen LogP contribution in [0.15, 0.2) is 18.2 Å². The molecule has 1 aliphatic heterocycles. The maximum absolute atomic E-state index is 10.6. The molecule has 0 aliphatic carbocycles. The van der Waals surface area contributed by atoms with Crippen LogP contribution in [-0.4, -0.2) is 6.09 Å². The minimum atomic E-state index is -0.608. The Morgan fingerprint density at radius 3 is 2.67 bits per heavy atom. The predicted molar refractivity (Wildman–Crippen MR) is 53.8 cm³/mol. The molecule has 1 N–H and O–H groups in total. The molecular formula is C10H13NO3Y-2. The molecule has 1 amide bonds. The summed E-state index contributed by atoms with van der Waals surface area (Å²) in [5, 5.41) is 2.45.